The molecular weight excluding hydrogens is 284 g/mol. The molecular formula is AgNi3. The summed E-state index contributed by atoms with van der Waals surface area (Å²) in [5.74, 6) is 0. The molecule has 1 radical (unpaired) electrons. The van der Waals surface area contributed by atoms with E-state index < -0.39 is 0 Å². The molecule has 0 aliphatic carbocycles. The molecule has 0 aromatic carbocycles. The minimum atomic E-state index is 0. The van der Waals surface area contributed by atoms with Gasteiger partial charge in [0, 0.05) is 71.9 Å². The van der Waals surface area contributed by atoms with Gasteiger partial charge < -0.3 is 0 Å². The molecule has 41 valence electrons. The van der Waals surface area contributed by atoms with Crippen LogP contribution in [0.25, 0.3) is 0 Å². The first kappa shape index (κ1) is 34.4. The predicted octanol–water partition coefficient (Wildman–Crippen LogP) is -0.0100. The normalized spacial score (nSPS) is 0. The van der Waals surface area contributed by atoms with Crippen LogP contribution in [-0.2, 0) is 71.9 Å². The molecule has 0 N–H and O–H groups in total. The van der Waals surface area contributed by atoms with Crippen LogP contribution in [0.3, 0.4) is 0 Å². The quantitative estimate of drug-likeness (QED) is 0.549. The Morgan fingerprint density at radius 3 is 0.500 bits per heavy atom. The van der Waals surface area contributed by atoms with Gasteiger partial charge >= 0.3 is 0 Å². The minimum Gasteiger partial charge on any atom is 0 e. The van der Waals surface area contributed by atoms with Crippen LogP contribution in [0.1, 0.15) is 0 Å². The molecule has 0 atom stereocenters. The maximum Gasteiger partial charge on any atom is 0 e. The summed E-state index contributed by atoms with van der Waals surface area (Å²) in [5.41, 5.74) is 0. The molecule has 4 heteroatoms. The number of hydrogen-bond acceptors (Lipinski definition) is 0. The van der Waals surface area contributed by atoms with Crippen molar-refractivity contribution in [3.63, 3.8) is 0 Å². The summed E-state index contributed by atoms with van der Waals surface area (Å²) in [6, 6.07) is 0. The van der Waals surface area contributed by atoms with E-state index in [1.54, 1.807) is 0 Å². The second-order valence-electron chi connectivity index (χ2n) is 0. The Bertz CT molecular complexity index is 3.25. The first-order valence-corrected chi connectivity index (χ1v) is 0. The van der Waals surface area contributed by atoms with Crippen molar-refractivity contribution in [3.8, 4) is 0 Å². The monoisotopic (exact) mass is 281 g/mol. The Hall–Kier alpha value is 2.22. The summed E-state index contributed by atoms with van der Waals surface area (Å²) in [4.78, 5) is 0. The molecule has 0 unspecified atom stereocenters. The molecule has 0 rings (SSSR count). The van der Waals surface area contributed by atoms with Gasteiger partial charge in [0.2, 0.25) is 0 Å². The van der Waals surface area contributed by atoms with Gasteiger partial charge in [-0.25, -0.2) is 0 Å². The molecule has 0 nitrogen and oxygen atoms in total. The molecule has 0 saturated heterocycles. The smallest absolute Gasteiger partial charge is 0 e. The van der Waals surface area contributed by atoms with E-state index in [2.05, 4.69) is 0 Å². The van der Waals surface area contributed by atoms with Crippen molar-refractivity contribution in [1.82, 2.24) is 0 Å². The first-order chi connectivity index (χ1) is 0. The van der Waals surface area contributed by atoms with Crippen LogP contribution >= 0.6 is 0 Å². The molecule has 0 aliphatic heterocycles. The van der Waals surface area contributed by atoms with E-state index in [1.807, 2.05) is 0 Å². The van der Waals surface area contributed by atoms with Crippen LogP contribution in [-0.4, -0.2) is 0 Å². The average molecular weight is 284 g/mol. The minimum absolute atomic E-state index is 0. The zero-order valence-corrected chi connectivity index (χ0v) is 5.70. The van der Waals surface area contributed by atoms with Crippen molar-refractivity contribution < 1.29 is 71.9 Å². The molecule has 0 heterocycles. The molecule has 0 aromatic rings. The summed E-state index contributed by atoms with van der Waals surface area (Å²) in [6.45, 7) is 0. The molecule has 0 saturated carbocycles. The maximum atomic E-state index is 0. The summed E-state index contributed by atoms with van der Waals surface area (Å²) in [6.07, 6.45) is 0. The second kappa shape index (κ2) is 18.9. The van der Waals surface area contributed by atoms with Crippen molar-refractivity contribution in [2.45, 2.75) is 0 Å². The average Bonchev–Trinajstić information content (AvgIpc) is 0. The third kappa shape index (κ3) is 8.88. The van der Waals surface area contributed by atoms with Crippen LogP contribution in [0.5, 0.6) is 0 Å². The zero-order chi connectivity index (χ0) is 0. The third-order valence-corrected chi connectivity index (χ3v) is 0. The Morgan fingerprint density at radius 1 is 0.500 bits per heavy atom. The van der Waals surface area contributed by atoms with Crippen LogP contribution < -0.4 is 0 Å². The van der Waals surface area contributed by atoms with E-state index in [-0.39, 0.29) is 71.9 Å². The summed E-state index contributed by atoms with van der Waals surface area (Å²) in [5, 5.41) is 0. The molecule has 0 spiro atoms. The van der Waals surface area contributed by atoms with Crippen LogP contribution in [0, 0.1) is 0 Å². The number of hydrogen-bond donors (Lipinski definition) is 0. The molecule has 4 heavy (non-hydrogen) atoms. The van der Waals surface area contributed by atoms with Gasteiger partial charge in [-0.1, -0.05) is 0 Å². The summed E-state index contributed by atoms with van der Waals surface area (Å²) < 4.78 is 0. The van der Waals surface area contributed by atoms with Crippen molar-refractivity contribution in [3.05, 3.63) is 0 Å². The van der Waals surface area contributed by atoms with Crippen molar-refractivity contribution in [1.29, 1.82) is 0 Å². The Kier molecular flexibility index (Phi) is 162. The van der Waals surface area contributed by atoms with E-state index in [1.165, 1.54) is 0 Å². The molecule has 0 aromatic heterocycles. The van der Waals surface area contributed by atoms with E-state index >= 15 is 0 Å². The Labute approximate surface area is 71.1 Å². The predicted molar refractivity (Wildman–Crippen MR) is 0 cm³/mol. The molecule has 0 fully saturated rings. The Morgan fingerprint density at radius 2 is 0.500 bits per heavy atom. The van der Waals surface area contributed by atoms with Gasteiger partial charge in [0.15, 0.2) is 0 Å². The van der Waals surface area contributed by atoms with Gasteiger partial charge in [-0.05, 0) is 0 Å². The zero-order valence-electron chi connectivity index (χ0n) is 1.25. The fourth-order valence-electron chi connectivity index (χ4n) is 0. The van der Waals surface area contributed by atoms with Crippen molar-refractivity contribution in [2.75, 3.05) is 0 Å². The topological polar surface area (TPSA) is 0 Å². The summed E-state index contributed by atoms with van der Waals surface area (Å²) in [7, 11) is 0. The van der Waals surface area contributed by atoms with Crippen molar-refractivity contribution in [2.24, 2.45) is 0 Å². The van der Waals surface area contributed by atoms with Gasteiger partial charge in [0.1, 0.15) is 0 Å². The van der Waals surface area contributed by atoms with E-state index in [0.717, 1.165) is 0 Å². The van der Waals surface area contributed by atoms with Crippen LogP contribution in [0.2, 0.25) is 0 Å². The Balaban J connectivity index is 0. The largest absolute Gasteiger partial charge is 0 e. The van der Waals surface area contributed by atoms with E-state index in [4.69, 9.17) is 0 Å². The second-order valence-corrected chi connectivity index (χ2v) is 0. The third-order valence-electron chi connectivity index (χ3n) is 0. The van der Waals surface area contributed by atoms with Gasteiger partial charge in [0.05, 0.1) is 0 Å². The summed E-state index contributed by atoms with van der Waals surface area (Å²) >= 11 is 0. The van der Waals surface area contributed by atoms with E-state index in [9.17, 15) is 0 Å². The molecule has 0 aliphatic rings. The fourth-order valence-corrected chi connectivity index (χ4v) is 0. The SMILES string of the molecule is [Ag].[Ni].[Ni].[Ni]. The van der Waals surface area contributed by atoms with Crippen molar-refractivity contribution >= 4 is 0 Å². The molecule has 0 amide bonds. The van der Waals surface area contributed by atoms with Crippen LogP contribution in [0.4, 0.5) is 0 Å². The fraction of sp³-hybridized carbons (Fsp3) is 0. The van der Waals surface area contributed by atoms with Gasteiger partial charge in [-0.3, -0.25) is 0 Å². The van der Waals surface area contributed by atoms with E-state index in [0.29, 0.717) is 0 Å². The standard InChI is InChI=1S/Ag.3Ni. The van der Waals surface area contributed by atoms with Gasteiger partial charge in [-0.2, -0.15) is 0 Å². The van der Waals surface area contributed by atoms with Gasteiger partial charge in [-0.15, -0.1) is 0 Å². The number of rotatable bonds is 0. The molecule has 0 bridgehead atoms. The first-order valence-electron chi connectivity index (χ1n) is 0. The maximum absolute atomic E-state index is 0. The van der Waals surface area contributed by atoms with Crippen LogP contribution in [0.15, 0.2) is 0 Å². The van der Waals surface area contributed by atoms with Gasteiger partial charge in [0.25, 0.3) is 0 Å².